The minimum atomic E-state index is 0.719. The van der Waals surface area contributed by atoms with Crippen molar-refractivity contribution in [3.05, 3.63) is 71.1 Å². The van der Waals surface area contributed by atoms with Gasteiger partial charge in [0.25, 0.3) is 0 Å². The number of hydrogen-bond donors (Lipinski definition) is 2. The van der Waals surface area contributed by atoms with Crippen molar-refractivity contribution in [2.75, 3.05) is 13.1 Å². The average molecular weight is 406 g/mol. The summed E-state index contributed by atoms with van der Waals surface area (Å²) in [4.78, 5) is 9.14. The van der Waals surface area contributed by atoms with Crippen LogP contribution < -0.4 is 0 Å². The molecule has 0 saturated carbocycles. The molecule has 0 aliphatic carbocycles. The van der Waals surface area contributed by atoms with Crippen molar-refractivity contribution in [2.45, 2.75) is 25.8 Å². The van der Waals surface area contributed by atoms with Gasteiger partial charge >= 0.3 is 0 Å². The van der Waals surface area contributed by atoms with E-state index in [2.05, 4.69) is 55.4 Å². The average Bonchev–Trinajstić information content (AvgIpc) is 3.36. The van der Waals surface area contributed by atoms with Crippen molar-refractivity contribution >= 4 is 22.5 Å². The first-order valence-corrected chi connectivity index (χ1v) is 10.6. The van der Waals surface area contributed by atoms with E-state index in [0.717, 1.165) is 58.7 Å². The summed E-state index contributed by atoms with van der Waals surface area (Å²) >= 11 is 6.17. The van der Waals surface area contributed by atoms with E-state index in [9.17, 15) is 0 Å². The van der Waals surface area contributed by atoms with Crippen LogP contribution in [0.15, 0.2) is 54.7 Å². The number of benzene rings is 2. The Hall–Kier alpha value is -2.63. The molecular weight excluding hydrogens is 382 g/mol. The Morgan fingerprint density at radius 2 is 1.86 bits per heavy atom. The number of hydrogen-bond acceptors (Lipinski definition) is 3. The molecule has 4 aromatic rings. The van der Waals surface area contributed by atoms with E-state index < -0.39 is 0 Å². The molecule has 0 unspecified atom stereocenters. The van der Waals surface area contributed by atoms with E-state index >= 15 is 0 Å². The summed E-state index contributed by atoms with van der Waals surface area (Å²) in [6.07, 6.45) is 5.61. The Morgan fingerprint density at radius 3 is 2.69 bits per heavy atom. The zero-order chi connectivity index (χ0) is 19.6. The zero-order valence-corrected chi connectivity index (χ0v) is 17.0. The maximum atomic E-state index is 6.17. The molecule has 6 heteroatoms. The van der Waals surface area contributed by atoms with E-state index in [1.165, 1.54) is 24.8 Å². The first-order chi connectivity index (χ1) is 14.2. The number of aromatic nitrogens is 4. The molecular formula is C23H24ClN5. The second-order valence-electron chi connectivity index (χ2n) is 7.92. The Morgan fingerprint density at radius 1 is 1.03 bits per heavy atom. The molecule has 2 aromatic carbocycles. The molecule has 0 amide bonds. The minimum absolute atomic E-state index is 0.719. The standard InChI is InChI=1S/C23H24ClN5/c24-18-6-7-21-19(13-18)20(14-25-21)23-26-22(27-28-23)15-29-10-8-17(9-11-29)12-16-4-2-1-3-5-16/h1-7,13-14,17,25H,8-12,15H2,(H,26,27,28). The Labute approximate surface area is 175 Å². The molecule has 1 aliphatic rings. The molecule has 0 spiro atoms. The highest BCUT2D eigenvalue weighted by atomic mass is 35.5. The van der Waals surface area contributed by atoms with Crippen molar-refractivity contribution in [3.63, 3.8) is 0 Å². The number of fused-ring (bicyclic) bond motifs is 1. The summed E-state index contributed by atoms with van der Waals surface area (Å²) < 4.78 is 0. The molecule has 29 heavy (non-hydrogen) atoms. The fourth-order valence-electron chi connectivity index (χ4n) is 4.29. The maximum Gasteiger partial charge on any atom is 0.163 e. The fraction of sp³-hybridized carbons (Fsp3) is 0.304. The zero-order valence-electron chi connectivity index (χ0n) is 16.2. The van der Waals surface area contributed by atoms with E-state index in [-0.39, 0.29) is 0 Å². The number of H-pyrrole nitrogens is 2. The van der Waals surface area contributed by atoms with Crippen LogP contribution >= 0.6 is 11.6 Å². The highest BCUT2D eigenvalue weighted by Crippen LogP contribution is 2.29. The van der Waals surface area contributed by atoms with Crippen molar-refractivity contribution < 1.29 is 0 Å². The molecule has 2 N–H and O–H groups in total. The first kappa shape index (κ1) is 18.4. The highest BCUT2D eigenvalue weighted by molar-refractivity contribution is 6.31. The molecule has 1 saturated heterocycles. The monoisotopic (exact) mass is 405 g/mol. The molecule has 1 aliphatic heterocycles. The molecule has 1 fully saturated rings. The third-order valence-corrected chi connectivity index (χ3v) is 6.12. The van der Waals surface area contributed by atoms with Gasteiger partial charge in [-0.3, -0.25) is 4.90 Å². The molecule has 0 bridgehead atoms. The normalized spacial score (nSPS) is 15.9. The maximum absolute atomic E-state index is 6.17. The van der Waals surface area contributed by atoms with E-state index in [1.54, 1.807) is 0 Å². The first-order valence-electron chi connectivity index (χ1n) is 10.2. The van der Waals surface area contributed by atoms with Gasteiger partial charge in [0, 0.05) is 27.7 Å². The molecule has 0 atom stereocenters. The number of likely N-dealkylation sites (tertiary alicyclic amines) is 1. The van der Waals surface area contributed by atoms with Gasteiger partial charge < -0.3 is 9.97 Å². The van der Waals surface area contributed by atoms with Gasteiger partial charge in [0.2, 0.25) is 0 Å². The van der Waals surface area contributed by atoms with E-state index in [4.69, 9.17) is 11.6 Å². The highest BCUT2D eigenvalue weighted by Gasteiger charge is 2.21. The quantitative estimate of drug-likeness (QED) is 0.487. The smallest absolute Gasteiger partial charge is 0.163 e. The van der Waals surface area contributed by atoms with Crippen molar-refractivity contribution in [1.29, 1.82) is 0 Å². The van der Waals surface area contributed by atoms with Gasteiger partial charge in [-0.25, -0.2) is 0 Å². The van der Waals surface area contributed by atoms with Crippen LogP contribution in [0.4, 0.5) is 0 Å². The largest absolute Gasteiger partial charge is 0.360 e. The predicted octanol–water partition coefficient (Wildman–Crippen LogP) is 5.06. The lowest BCUT2D eigenvalue weighted by Gasteiger charge is -2.31. The topological polar surface area (TPSA) is 60.6 Å². The van der Waals surface area contributed by atoms with Gasteiger partial charge in [-0.1, -0.05) is 41.9 Å². The van der Waals surface area contributed by atoms with E-state index in [1.807, 2.05) is 24.4 Å². The number of nitrogens with one attached hydrogen (secondary N) is 2. The van der Waals surface area contributed by atoms with Gasteiger partial charge in [-0.15, -0.1) is 10.2 Å². The number of aromatic amines is 2. The van der Waals surface area contributed by atoms with Crippen LogP contribution in [0.25, 0.3) is 22.3 Å². The van der Waals surface area contributed by atoms with Crippen molar-refractivity contribution in [3.8, 4) is 11.4 Å². The molecule has 5 nitrogen and oxygen atoms in total. The third-order valence-electron chi connectivity index (χ3n) is 5.88. The lowest BCUT2D eigenvalue weighted by molar-refractivity contribution is 0.173. The minimum Gasteiger partial charge on any atom is -0.360 e. The SMILES string of the molecule is Clc1ccc2[nH]cc(-c3nnc(CN4CCC(Cc5ccccc5)CC4)[nH]3)c2c1. The summed E-state index contributed by atoms with van der Waals surface area (Å²) in [5.41, 5.74) is 3.50. The van der Waals surface area contributed by atoms with Crippen LogP contribution in [0, 0.1) is 5.92 Å². The molecule has 148 valence electrons. The Bertz CT molecular complexity index is 1090. The summed E-state index contributed by atoms with van der Waals surface area (Å²) in [5.74, 6) is 2.47. The third kappa shape index (κ3) is 4.07. The number of rotatable bonds is 5. The second-order valence-corrected chi connectivity index (χ2v) is 8.36. The Kier molecular flexibility index (Phi) is 5.08. The van der Waals surface area contributed by atoms with E-state index in [0.29, 0.717) is 0 Å². The van der Waals surface area contributed by atoms with Crippen LogP contribution in [-0.4, -0.2) is 38.2 Å². The summed E-state index contributed by atoms with van der Waals surface area (Å²) in [5, 5.41) is 10.5. The molecule has 2 aromatic heterocycles. The van der Waals surface area contributed by atoms with Crippen molar-refractivity contribution in [1.82, 2.24) is 25.1 Å². The molecule has 5 rings (SSSR count). The molecule has 0 radical (unpaired) electrons. The van der Waals surface area contributed by atoms with Gasteiger partial charge in [-0.05, 0) is 62.0 Å². The number of piperidine rings is 1. The second kappa shape index (κ2) is 8.01. The van der Waals surface area contributed by atoms with Crippen LogP contribution in [0.5, 0.6) is 0 Å². The van der Waals surface area contributed by atoms with Crippen LogP contribution in [0.2, 0.25) is 5.02 Å². The predicted molar refractivity (Wildman–Crippen MR) is 117 cm³/mol. The van der Waals surface area contributed by atoms with Gasteiger partial charge in [0.1, 0.15) is 5.82 Å². The van der Waals surface area contributed by atoms with Gasteiger partial charge in [0.15, 0.2) is 5.82 Å². The lowest BCUT2D eigenvalue weighted by atomic mass is 9.90. The molecule has 3 heterocycles. The van der Waals surface area contributed by atoms with Crippen LogP contribution in [-0.2, 0) is 13.0 Å². The fourth-order valence-corrected chi connectivity index (χ4v) is 4.46. The van der Waals surface area contributed by atoms with Crippen molar-refractivity contribution in [2.24, 2.45) is 5.92 Å². The number of halogens is 1. The number of nitrogens with zero attached hydrogens (tertiary/aromatic N) is 3. The van der Waals surface area contributed by atoms with Crippen LogP contribution in [0.3, 0.4) is 0 Å². The van der Waals surface area contributed by atoms with Gasteiger partial charge in [-0.2, -0.15) is 0 Å². The summed E-state index contributed by atoms with van der Waals surface area (Å²) in [6, 6.07) is 16.7. The Balaban J connectivity index is 1.21. The summed E-state index contributed by atoms with van der Waals surface area (Å²) in [6.45, 7) is 3.03. The lowest BCUT2D eigenvalue weighted by Crippen LogP contribution is -2.34. The van der Waals surface area contributed by atoms with Crippen LogP contribution in [0.1, 0.15) is 24.2 Å². The summed E-state index contributed by atoms with van der Waals surface area (Å²) in [7, 11) is 0. The van der Waals surface area contributed by atoms with Gasteiger partial charge in [0.05, 0.1) is 6.54 Å².